The van der Waals surface area contributed by atoms with E-state index >= 15 is 0 Å². The van der Waals surface area contributed by atoms with Crippen LogP contribution in [-0.4, -0.2) is 35.0 Å². The molecular formula is C18H20BrNO3. The molecule has 4 nitrogen and oxygen atoms in total. The van der Waals surface area contributed by atoms with E-state index in [1.165, 1.54) is 0 Å². The van der Waals surface area contributed by atoms with Gasteiger partial charge in [0.05, 0.1) is 11.3 Å². The van der Waals surface area contributed by atoms with Crippen molar-refractivity contribution in [2.24, 2.45) is 17.8 Å². The van der Waals surface area contributed by atoms with E-state index in [4.69, 9.17) is 0 Å². The highest BCUT2D eigenvalue weighted by molar-refractivity contribution is 9.10. The molecule has 2 aliphatic carbocycles. The van der Waals surface area contributed by atoms with Gasteiger partial charge in [-0.25, -0.2) is 0 Å². The molecule has 2 saturated carbocycles. The molecule has 1 aromatic rings. The van der Waals surface area contributed by atoms with Gasteiger partial charge in [0.15, 0.2) is 0 Å². The molecule has 1 N–H and O–H groups in total. The lowest BCUT2D eigenvalue weighted by atomic mass is 9.92. The SMILES string of the molecule is O=C(O)[C@H]1CN(C(=O)C2(c3ccc(Br)cc3)CC2)C[C@@H]1C1CC1. The highest BCUT2D eigenvalue weighted by atomic mass is 79.9. The average molecular weight is 378 g/mol. The average Bonchev–Trinajstić information content (AvgIpc) is 3.45. The molecule has 4 rings (SSSR count). The zero-order valence-corrected chi connectivity index (χ0v) is 14.5. The summed E-state index contributed by atoms with van der Waals surface area (Å²) < 4.78 is 1.01. The molecule has 1 aromatic carbocycles. The van der Waals surface area contributed by atoms with Gasteiger partial charge in [0.25, 0.3) is 0 Å². The normalized spacial score (nSPS) is 28.7. The predicted molar refractivity (Wildman–Crippen MR) is 89.0 cm³/mol. The summed E-state index contributed by atoms with van der Waals surface area (Å²) in [6, 6.07) is 7.97. The van der Waals surface area contributed by atoms with E-state index < -0.39 is 11.4 Å². The first-order valence-corrected chi connectivity index (χ1v) is 9.09. The van der Waals surface area contributed by atoms with Crippen LogP contribution < -0.4 is 0 Å². The van der Waals surface area contributed by atoms with Crippen molar-refractivity contribution in [3.05, 3.63) is 34.3 Å². The maximum atomic E-state index is 13.1. The fourth-order valence-corrected chi connectivity index (χ4v) is 4.35. The zero-order valence-electron chi connectivity index (χ0n) is 12.9. The number of hydrogen-bond donors (Lipinski definition) is 1. The first kappa shape index (κ1) is 15.2. The van der Waals surface area contributed by atoms with Crippen LogP contribution in [0.4, 0.5) is 0 Å². The van der Waals surface area contributed by atoms with Crippen LogP contribution in [0.25, 0.3) is 0 Å². The van der Waals surface area contributed by atoms with Crippen LogP contribution in [-0.2, 0) is 15.0 Å². The molecule has 0 bridgehead atoms. The van der Waals surface area contributed by atoms with Gasteiger partial charge in [0.1, 0.15) is 0 Å². The van der Waals surface area contributed by atoms with Crippen LogP contribution >= 0.6 is 15.9 Å². The van der Waals surface area contributed by atoms with Crippen molar-refractivity contribution < 1.29 is 14.7 Å². The molecule has 0 aromatic heterocycles. The summed E-state index contributed by atoms with van der Waals surface area (Å²) in [4.78, 5) is 26.5. The molecule has 1 heterocycles. The van der Waals surface area contributed by atoms with Gasteiger partial charge in [-0.15, -0.1) is 0 Å². The van der Waals surface area contributed by atoms with Crippen molar-refractivity contribution in [1.29, 1.82) is 0 Å². The summed E-state index contributed by atoms with van der Waals surface area (Å²) >= 11 is 3.43. The number of carbonyl (C=O) groups excluding carboxylic acids is 1. The Morgan fingerprint density at radius 2 is 1.78 bits per heavy atom. The Kier molecular flexibility index (Phi) is 3.52. The summed E-state index contributed by atoms with van der Waals surface area (Å²) in [5, 5.41) is 9.48. The molecule has 0 spiro atoms. The van der Waals surface area contributed by atoms with E-state index in [9.17, 15) is 14.7 Å². The minimum absolute atomic E-state index is 0.134. The number of carbonyl (C=O) groups is 2. The topological polar surface area (TPSA) is 57.6 Å². The van der Waals surface area contributed by atoms with Gasteiger partial charge in [0.2, 0.25) is 5.91 Å². The lowest BCUT2D eigenvalue weighted by Gasteiger charge is -2.23. The number of carboxylic acid groups (broad SMARTS) is 1. The van der Waals surface area contributed by atoms with Crippen molar-refractivity contribution in [1.82, 2.24) is 4.90 Å². The number of aliphatic carboxylic acids is 1. The molecule has 5 heteroatoms. The van der Waals surface area contributed by atoms with Gasteiger partial charge in [0, 0.05) is 17.6 Å². The molecular weight excluding hydrogens is 358 g/mol. The van der Waals surface area contributed by atoms with E-state index in [2.05, 4.69) is 15.9 Å². The summed E-state index contributed by atoms with van der Waals surface area (Å²) in [6.45, 7) is 1.01. The van der Waals surface area contributed by atoms with Crippen molar-refractivity contribution in [2.45, 2.75) is 31.1 Å². The second-order valence-electron chi connectivity index (χ2n) is 7.25. The minimum Gasteiger partial charge on any atom is -0.481 e. The van der Waals surface area contributed by atoms with Crippen LogP contribution in [0.3, 0.4) is 0 Å². The zero-order chi connectivity index (χ0) is 16.2. The maximum Gasteiger partial charge on any atom is 0.308 e. The summed E-state index contributed by atoms with van der Waals surface area (Å²) in [5.41, 5.74) is 0.662. The van der Waals surface area contributed by atoms with E-state index in [1.54, 1.807) is 0 Å². The standard InChI is InChI=1S/C18H20BrNO3/c19-13-5-3-12(4-6-13)18(7-8-18)17(23)20-9-14(11-1-2-11)15(10-20)16(21)22/h3-6,11,14-15H,1-2,7-10H2,(H,21,22)/t14-,15+/m1/s1. The van der Waals surface area contributed by atoms with Crippen LogP contribution in [0, 0.1) is 17.8 Å². The van der Waals surface area contributed by atoms with Gasteiger partial charge in [-0.2, -0.15) is 0 Å². The summed E-state index contributed by atoms with van der Waals surface area (Å²) in [5.74, 6) is -0.332. The predicted octanol–water partition coefficient (Wildman–Crippen LogP) is 3.05. The smallest absolute Gasteiger partial charge is 0.308 e. The number of amides is 1. The van der Waals surface area contributed by atoms with Gasteiger partial charge < -0.3 is 10.0 Å². The Morgan fingerprint density at radius 3 is 2.30 bits per heavy atom. The van der Waals surface area contributed by atoms with Crippen LogP contribution in [0.1, 0.15) is 31.2 Å². The van der Waals surface area contributed by atoms with Crippen LogP contribution in [0.2, 0.25) is 0 Å². The van der Waals surface area contributed by atoms with Crippen molar-refractivity contribution in [3.63, 3.8) is 0 Å². The van der Waals surface area contributed by atoms with Crippen LogP contribution in [0.15, 0.2) is 28.7 Å². The molecule has 1 aliphatic heterocycles. The second kappa shape index (κ2) is 5.33. The maximum absolute atomic E-state index is 13.1. The monoisotopic (exact) mass is 377 g/mol. The minimum atomic E-state index is -0.745. The molecule has 122 valence electrons. The quantitative estimate of drug-likeness (QED) is 0.876. The Hall–Kier alpha value is -1.36. The van der Waals surface area contributed by atoms with Crippen molar-refractivity contribution >= 4 is 27.8 Å². The highest BCUT2D eigenvalue weighted by Crippen LogP contribution is 2.52. The van der Waals surface area contributed by atoms with Gasteiger partial charge in [-0.1, -0.05) is 28.1 Å². The van der Waals surface area contributed by atoms with Gasteiger partial charge in [-0.3, -0.25) is 9.59 Å². The van der Waals surface area contributed by atoms with E-state index in [0.29, 0.717) is 19.0 Å². The number of benzene rings is 1. The van der Waals surface area contributed by atoms with Gasteiger partial charge >= 0.3 is 5.97 Å². The fourth-order valence-electron chi connectivity index (χ4n) is 4.08. The van der Waals surface area contributed by atoms with E-state index in [0.717, 1.165) is 35.7 Å². The summed E-state index contributed by atoms with van der Waals surface area (Å²) in [6.07, 6.45) is 3.98. The Labute approximate surface area is 144 Å². The van der Waals surface area contributed by atoms with E-state index in [1.807, 2.05) is 29.2 Å². The first-order valence-electron chi connectivity index (χ1n) is 8.29. The van der Waals surface area contributed by atoms with Crippen molar-refractivity contribution in [3.8, 4) is 0 Å². The molecule has 0 unspecified atom stereocenters. The highest BCUT2D eigenvalue weighted by Gasteiger charge is 2.56. The third kappa shape index (κ3) is 2.59. The number of hydrogen-bond acceptors (Lipinski definition) is 2. The number of halogens is 1. The largest absolute Gasteiger partial charge is 0.481 e. The van der Waals surface area contributed by atoms with Crippen molar-refractivity contribution in [2.75, 3.05) is 13.1 Å². The molecule has 3 fully saturated rings. The fraction of sp³-hybridized carbons (Fsp3) is 0.556. The molecule has 1 saturated heterocycles. The number of likely N-dealkylation sites (tertiary alicyclic amines) is 1. The molecule has 23 heavy (non-hydrogen) atoms. The molecule has 2 atom stereocenters. The third-order valence-electron chi connectivity index (χ3n) is 5.75. The van der Waals surface area contributed by atoms with E-state index in [-0.39, 0.29) is 17.7 Å². The Morgan fingerprint density at radius 1 is 1.13 bits per heavy atom. The second-order valence-corrected chi connectivity index (χ2v) is 8.16. The summed E-state index contributed by atoms with van der Waals surface area (Å²) in [7, 11) is 0. The van der Waals surface area contributed by atoms with Gasteiger partial charge in [-0.05, 0) is 55.2 Å². The number of carboxylic acids is 1. The Bertz CT molecular complexity index is 649. The lowest BCUT2D eigenvalue weighted by molar-refractivity contribution is -0.142. The molecule has 3 aliphatic rings. The number of rotatable bonds is 4. The first-order chi connectivity index (χ1) is 11.0. The van der Waals surface area contributed by atoms with Crippen LogP contribution in [0.5, 0.6) is 0 Å². The molecule has 1 amide bonds. The molecule has 0 radical (unpaired) electrons. The number of nitrogens with zero attached hydrogens (tertiary/aromatic N) is 1. The third-order valence-corrected chi connectivity index (χ3v) is 6.28. The Balaban J connectivity index is 1.55. The lowest BCUT2D eigenvalue weighted by Crippen LogP contribution is -2.38.